The Morgan fingerprint density at radius 1 is 1.12 bits per heavy atom. The third kappa shape index (κ3) is 4.51. The number of phenolic OH excluding ortho intramolecular Hbond substituents is 1. The van der Waals surface area contributed by atoms with Gasteiger partial charge in [0.1, 0.15) is 23.4 Å². The highest BCUT2D eigenvalue weighted by molar-refractivity contribution is 7.13. The van der Waals surface area contributed by atoms with Gasteiger partial charge in [-0.2, -0.15) is 0 Å². The van der Waals surface area contributed by atoms with Crippen LogP contribution < -0.4 is 10.1 Å². The van der Waals surface area contributed by atoms with Crippen molar-refractivity contribution in [1.29, 1.82) is 0 Å². The topological polar surface area (TPSA) is 95.0 Å². The molecule has 4 aromatic rings. The molecule has 42 heavy (non-hydrogen) atoms. The lowest BCUT2D eigenvalue weighted by Gasteiger charge is -2.36. The highest BCUT2D eigenvalue weighted by Gasteiger charge is 2.43. The number of phenols is 1. The predicted octanol–water partition coefficient (Wildman–Crippen LogP) is 5.35. The number of amides is 2. The maximum absolute atomic E-state index is 14.3. The Morgan fingerprint density at radius 3 is 2.69 bits per heavy atom. The van der Waals surface area contributed by atoms with Gasteiger partial charge >= 0.3 is 0 Å². The molecule has 2 amide bonds. The lowest BCUT2D eigenvalue weighted by Crippen LogP contribution is -2.41. The zero-order valence-corrected chi connectivity index (χ0v) is 23.8. The quantitative estimate of drug-likeness (QED) is 0.329. The molecule has 0 aliphatic carbocycles. The van der Waals surface area contributed by atoms with Crippen LogP contribution in [0.15, 0.2) is 66.2 Å². The Hall–Kier alpha value is -4.28. The fourth-order valence-electron chi connectivity index (χ4n) is 6.38. The monoisotopic (exact) mass is 584 g/mol. The molecule has 1 unspecified atom stereocenters. The minimum absolute atomic E-state index is 0.00374. The lowest BCUT2D eigenvalue weighted by molar-refractivity contribution is -0.120. The van der Waals surface area contributed by atoms with Crippen LogP contribution in [0.25, 0.3) is 11.1 Å². The second-order valence-electron chi connectivity index (χ2n) is 11.3. The van der Waals surface area contributed by atoms with Gasteiger partial charge in [-0.15, -0.1) is 11.3 Å². The van der Waals surface area contributed by atoms with E-state index in [-0.39, 0.29) is 29.2 Å². The van der Waals surface area contributed by atoms with E-state index in [9.17, 15) is 19.1 Å². The summed E-state index contributed by atoms with van der Waals surface area (Å²) in [6, 6.07) is 14.1. The molecule has 1 aromatic heterocycles. The molecule has 7 rings (SSSR count). The molecule has 0 radical (unpaired) electrons. The number of ether oxygens (including phenoxy) is 1. The number of nitrogens with one attached hydrogen (secondary N) is 1. The molecule has 2 N–H and O–H groups in total. The van der Waals surface area contributed by atoms with Crippen LogP contribution >= 0.6 is 11.3 Å². The molecule has 214 valence electrons. The summed E-state index contributed by atoms with van der Waals surface area (Å²) in [6.45, 7) is 2.91. The molecule has 3 aliphatic rings. The lowest BCUT2D eigenvalue weighted by atomic mass is 9.74. The second kappa shape index (κ2) is 10.2. The van der Waals surface area contributed by atoms with E-state index in [0.29, 0.717) is 17.3 Å². The number of nitrogens with zero attached hydrogens (tertiary/aromatic N) is 3. The minimum atomic E-state index is -1.27. The minimum Gasteiger partial charge on any atom is -0.508 e. The van der Waals surface area contributed by atoms with Gasteiger partial charge in [-0.05, 0) is 80.0 Å². The van der Waals surface area contributed by atoms with Crippen molar-refractivity contribution in [2.45, 2.75) is 30.8 Å². The maximum Gasteiger partial charge on any atom is 0.255 e. The number of aromatic hydroxyl groups is 1. The van der Waals surface area contributed by atoms with Crippen LogP contribution in [-0.2, 0) is 16.8 Å². The van der Waals surface area contributed by atoms with E-state index in [1.54, 1.807) is 11.6 Å². The van der Waals surface area contributed by atoms with Gasteiger partial charge in [-0.25, -0.2) is 9.37 Å². The summed E-state index contributed by atoms with van der Waals surface area (Å²) in [5, 5.41) is 15.4. The number of halogens is 1. The number of fused-ring (bicyclic) bond motifs is 3. The Labute approximate surface area is 246 Å². The molecule has 10 heteroatoms. The van der Waals surface area contributed by atoms with E-state index >= 15 is 0 Å². The van der Waals surface area contributed by atoms with Crippen LogP contribution in [0, 0.1) is 5.82 Å². The first-order valence-electron chi connectivity index (χ1n) is 13.9. The van der Waals surface area contributed by atoms with Gasteiger partial charge in [0, 0.05) is 40.2 Å². The first-order valence-corrected chi connectivity index (χ1v) is 14.8. The number of benzene rings is 3. The van der Waals surface area contributed by atoms with Gasteiger partial charge in [0.05, 0.1) is 6.61 Å². The van der Waals surface area contributed by atoms with Gasteiger partial charge in [-0.1, -0.05) is 24.3 Å². The molecule has 1 fully saturated rings. The SMILES string of the molecule is CN1CCC2(CC1)COc1cc(-c3ccc4c(c3)C(=O)N(C(C(=O)Nc3nccs3)c3cc(F)ccc3O)C4)ccc12. The average Bonchev–Trinajstić information content (AvgIpc) is 3.71. The van der Waals surface area contributed by atoms with Gasteiger partial charge in [-0.3, -0.25) is 14.9 Å². The predicted molar refractivity (Wildman–Crippen MR) is 157 cm³/mol. The normalized spacial score (nSPS) is 18.0. The van der Waals surface area contributed by atoms with Crippen LogP contribution in [0.1, 0.15) is 45.9 Å². The van der Waals surface area contributed by atoms with E-state index in [4.69, 9.17) is 4.74 Å². The van der Waals surface area contributed by atoms with Crippen molar-refractivity contribution in [3.05, 3.63) is 94.2 Å². The summed E-state index contributed by atoms with van der Waals surface area (Å²) in [6.07, 6.45) is 3.68. The van der Waals surface area contributed by atoms with Crippen LogP contribution in [-0.4, -0.2) is 58.4 Å². The zero-order chi connectivity index (χ0) is 29.0. The molecule has 1 spiro atoms. The van der Waals surface area contributed by atoms with Gasteiger partial charge in [0.15, 0.2) is 5.13 Å². The first-order chi connectivity index (χ1) is 20.3. The number of rotatable bonds is 5. The highest BCUT2D eigenvalue weighted by Crippen LogP contribution is 2.47. The molecule has 0 saturated carbocycles. The third-order valence-corrected chi connectivity index (χ3v) is 9.47. The molecule has 3 aliphatic heterocycles. The summed E-state index contributed by atoms with van der Waals surface area (Å²) in [4.78, 5) is 35.2. The number of thiazole rings is 1. The van der Waals surface area contributed by atoms with E-state index in [2.05, 4.69) is 40.4 Å². The number of piperidine rings is 1. The van der Waals surface area contributed by atoms with Crippen molar-refractivity contribution in [2.75, 3.05) is 32.1 Å². The number of hydrogen-bond acceptors (Lipinski definition) is 7. The number of hydrogen-bond donors (Lipinski definition) is 2. The van der Waals surface area contributed by atoms with Crippen molar-refractivity contribution in [2.24, 2.45) is 0 Å². The highest BCUT2D eigenvalue weighted by atomic mass is 32.1. The number of carbonyl (C=O) groups excluding carboxylic acids is 2. The largest absolute Gasteiger partial charge is 0.508 e. The molecule has 1 atom stereocenters. The number of likely N-dealkylation sites (tertiary alicyclic amines) is 1. The fraction of sp³-hybridized carbons (Fsp3) is 0.281. The van der Waals surface area contributed by atoms with Gasteiger partial charge in [0.25, 0.3) is 11.8 Å². The van der Waals surface area contributed by atoms with Gasteiger partial charge in [0.2, 0.25) is 0 Å². The van der Waals surface area contributed by atoms with Crippen molar-refractivity contribution >= 4 is 28.3 Å². The molecular formula is C32H29FN4O4S. The molecular weight excluding hydrogens is 555 g/mol. The molecule has 8 nitrogen and oxygen atoms in total. The second-order valence-corrected chi connectivity index (χ2v) is 12.2. The van der Waals surface area contributed by atoms with Gasteiger partial charge < -0.3 is 19.6 Å². The number of carbonyl (C=O) groups is 2. The van der Waals surface area contributed by atoms with Crippen LogP contribution in [0.2, 0.25) is 0 Å². The third-order valence-electron chi connectivity index (χ3n) is 8.78. The summed E-state index contributed by atoms with van der Waals surface area (Å²) in [7, 11) is 2.15. The maximum atomic E-state index is 14.3. The Morgan fingerprint density at radius 2 is 1.90 bits per heavy atom. The summed E-state index contributed by atoms with van der Waals surface area (Å²) < 4.78 is 20.5. The molecule has 3 aromatic carbocycles. The Balaban J connectivity index is 1.20. The standard InChI is InChI=1S/C32H29FN4O4S/c1-36-11-8-32(9-12-36)18-41-27-15-20(4-6-25(27)32)19-2-3-21-17-37(30(40)23(21)14-19)28(24-16-22(33)5-7-26(24)38)29(39)35-31-34-10-13-42-31/h2-7,10,13-16,28,38H,8-9,11-12,17-18H2,1H3,(H,34,35,39). The molecule has 4 heterocycles. The van der Waals surface area contributed by atoms with Crippen molar-refractivity contribution in [3.63, 3.8) is 0 Å². The zero-order valence-electron chi connectivity index (χ0n) is 23.0. The number of anilines is 1. The average molecular weight is 585 g/mol. The Bertz CT molecular complexity index is 1700. The smallest absolute Gasteiger partial charge is 0.255 e. The summed E-state index contributed by atoms with van der Waals surface area (Å²) in [5.41, 5.74) is 4.32. The van der Waals surface area contributed by atoms with Crippen molar-refractivity contribution in [1.82, 2.24) is 14.8 Å². The van der Waals surface area contributed by atoms with Crippen molar-refractivity contribution < 1.29 is 23.8 Å². The molecule has 0 bridgehead atoms. The molecule has 1 saturated heterocycles. The van der Waals surface area contributed by atoms with Crippen molar-refractivity contribution in [3.8, 4) is 22.6 Å². The van der Waals surface area contributed by atoms with Crippen LogP contribution in [0.4, 0.5) is 9.52 Å². The summed E-state index contributed by atoms with van der Waals surface area (Å²) in [5.74, 6) is -0.975. The fourth-order valence-corrected chi connectivity index (χ4v) is 6.91. The van der Waals surface area contributed by atoms with E-state index < -0.39 is 17.8 Å². The van der Waals surface area contributed by atoms with E-state index in [1.165, 1.54) is 27.9 Å². The van der Waals surface area contributed by atoms with E-state index in [1.807, 2.05) is 18.2 Å². The first kappa shape index (κ1) is 26.6. The Kier molecular flexibility index (Phi) is 6.47. The van der Waals surface area contributed by atoms with Crippen LogP contribution in [0.3, 0.4) is 0 Å². The van der Waals surface area contributed by atoms with Crippen LogP contribution in [0.5, 0.6) is 11.5 Å². The van der Waals surface area contributed by atoms with E-state index in [0.717, 1.165) is 60.5 Å². The summed E-state index contributed by atoms with van der Waals surface area (Å²) >= 11 is 1.22. The number of aromatic nitrogens is 1.